The van der Waals surface area contributed by atoms with E-state index in [1.165, 1.54) is 0 Å². The van der Waals surface area contributed by atoms with Gasteiger partial charge >= 0.3 is 0 Å². The number of nitrogens with one attached hydrogen (secondary N) is 2. The highest BCUT2D eigenvalue weighted by Gasteiger charge is 2.13. The largest absolute Gasteiger partial charge is 0.321 e. The molecule has 0 atom stereocenters. The van der Waals surface area contributed by atoms with E-state index < -0.39 is 5.91 Å². The summed E-state index contributed by atoms with van der Waals surface area (Å²) in [7, 11) is 0. The number of aryl methyl sites for hydroxylation is 1. The second-order valence-electron chi connectivity index (χ2n) is 6.12. The Morgan fingerprint density at radius 3 is 2.29 bits per heavy atom. The van der Waals surface area contributed by atoms with E-state index in [9.17, 15) is 9.59 Å². The van der Waals surface area contributed by atoms with Gasteiger partial charge in [-0.05, 0) is 48.9 Å². The minimum absolute atomic E-state index is 0.295. The smallest absolute Gasteiger partial charge is 0.273 e. The van der Waals surface area contributed by atoms with Gasteiger partial charge in [-0.2, -0.15) is 5.10 Å². The molecule has 0 radical (unpaired) electrons. The third-order valence-electron chi connectivity index (χ3n) is 3.98. The van der Waals surface area contributed by atoms with Crippen LogP contribution in [0.25, 0.3) is 0 Å². The number of amides is 2. The monoisotopic (exact) mass is 435 g/mol. The molecule has 5 nitrogen and oxygen atoms in total. The number of halogens is 1. The van der Waals surface area contributed by atoms with Gasteiger partial charge in [0, 0.05) is 10.0 Å². The minimum atomic E-state index is -0.407. The van der Waals surface area contributed by atoms with Gasteiger partial charge in [-0.3, -0.25) is 9.59 Å². The second kappa shape index (κ2) is 9.10. The maximum Gasteiger partial charge on any atom is 0.273 e. The molecular formula is C22H18BrN3O2. The Bertz CT molecular complexity index is 1010. The molecule has 6 heteroatoms. The van der Waals surface area contributed by atoms with Crippen molar-refractivity contribution >= 4 is 39.6 Å². The van der Waals surface area contributed by atoms with Gasteiger partial charge in [0.1, 0.15) is 0 Å². The zero-order valence-corrected chi connectivity index (χ0v) is 16.7. The Morgan fingerprint density at radius 2 is 1.57 bits per heavy atom. The summed E-state index contributed by atoms with van der Waals surface area (Å²) in [5.74, 6) is -0.703. The van der Waals surface area contributed by atoms with Gasteiger partial charge in [0.15, 0.2) is 0 Å². The zero-order chi connectivity index (χ0) is 19.9. The number of carbonyl (C=O) groups is 2. The predicted octanol–water partition coefficient (Wildman–Crippen LogP) is 4.77. The average molecular weight is 436 g/mol. The molecule has 0 saturated heterocycles. The van der Waals surface area contributed by atoms with Crippen LogP contribution >= 0.6 is 15.9 Å². The predicted molar refractivity (Wildman–Crippen MR) is 115 cm³/mol. The van der Waals surface area contributed by atoms with E-state index in [1.54, 1.807) is 54.7 Å². The molecule has 0 spiro atoms. The molecule has 0 aromatic heterocycles. The van der Waals surface area contributed by atoms with Crippen molar-refractivity contribution in [3.63, 3.8) is 0 Å². The quantitative estimate of drug-likeness (QED) is 0.447. The maximum atomic E-state index is 12.5. The number of hydrazone groups is 1. The van der Waals surface area contributed by atoms with E-state index in [0.29, 0.717) is 16.8 Å². The molecule has 0 unspecified atom stereocenters. The summed E-state index contributed by atoms with van der Waals surface area (Å²) >= 11 is 3.34. The molecule has 0 aliphatic heterocycles. The van der Waals surface area contributed by atoms with Gasteiger partial charge in [0.2, 0.25) is 0 Å². The maximum absolute atomic E-state index is 12.5. The molecule has 0 fully saturated rings. The highest BCUT2D eigenvalue weighted by molar-refractivity contribution is 9.10. The fraction of sp³-hybridized carbons (Fsp3) is 0.0455. The molecule has 28 heavy (non-hydrogen) atoms. The molecule has 0 bridgehead atoms. The summed E-state index contributed by atoms with van der Waals surface area (Å²) in [6.07, 6.45) is 1.57. The lowest BCUT2D eigenvalue weighted by atomic mass is 10.1. The zero-order valence-electron chi connectivity index (χ0n) is 15.1. The van der Waals surface area contributed by atoms with Crippen molar-refractivity contribution in [2.24, 2.45) is 5.10 Å². The van der Waals surface area contributed by atoms with Crippen LogP contribution in [-0.2, 0) is 0 Å². The van der Waals surface area contributed by atoms with Crippen LogP contribution in [0.4, 0.5) is 5.69 Å². The van der Waals surface area contributed by atoms with Crippen molar-refractivity contribution in [3.05, 3.63) is 99.5 Å². The number of benzene rings is 3. The van der Waals surface area contributed by atoms with Crippen LogP contribution in [0.3, 0.4) is 0 Å². The average Bonchev–Trinajstić information content (AvgIpc) is 2.70. The van der Waals surface area contributed by atoms with E-state index in [2.05, 4.69) is 31.8 Å². The summed E-state index contributed by atoms with van der Waals surface area (Å²) in [6, 6.07) is 21.5. The second-order valence-corrected chi connectivity index (χ2v) is 7.03. The molecule has 0 saturated carbocycles. The summed E-state index contributed by atoms with van der Waals surface area (Å²) in [5.41, 5.74) is 5.76. The third-order valence-corrected chi connectivity index (χ3v) is 4.51. The molecule has 3 aromatic rings. The number of nitrogens with zero attached hydrogens (tertiary/aromatic N) is 1. The highest BCUT2D eigenvalue weighted by Crippen LogP contribution is 2.17. The Balaban J connectivity index is 1.70. The molecule has 140 valence electrons. The normalized spacial score (nSPS) is 10.6. The minimum Gasteiger partial charge on any atom is -0.321 e. The van der Waals surface area contributed by atoms with Crippen molar-refractivity contribution in [1.82, 2.24) is 5.43 Å². The first-order valence-electron chi connectivity index (χ1n) is 8.59. The number of hydrogen-bond acceptors (Lipinski definition) is 3. The van der Waals surface area contributed by atoms with Crippen LogP contribution < -0.4 is 10.7 Å². The van der Waals surface area contributed by atoms with Crippen LogP contribution in [-0.4, -0.2) is 18.0 Å². The summed E-state index contributed by atoms with van der Waals surface area (Å²) in [4.78, 5) is 24.9. The number of hydrogen-bond donors (Lipinski definition) is 2. The van der Waals surface area contributed by atoms with Crippen molar-refractivity contribution in [2.75, 3.05) is 5.32 Å². The molecule has 0 aliphatic carbocycles. The number of para-hydroxylation sites is 1. The van der Waals surface area contributed by atoms with E-state index in [4.69, 9.17) is 0 Å². The van der Waals surface area contributed by atoms with Crippen molar-refractivity contribution < 1.29 is 9.59 Å². The number of anilines is 1. The van der Waals surface area contributed by atoms with Crippen molar-refractivity contribution in [3.8, 4) is 0 Å². The number of rotatable bonds is 5. The van der Waals surface area contributed by atoms with Crippen molar-refractivity contribution in [2.45, 2.75) is 6.92 Å². The van der Waals surface area contributed by atoms with Crippen LogP contribution in [0.1, 0.15) is 31.8 Å². The fourth-order valence-electron chi connectivity index (χ4n) is 2.46. The van der Waals surface area contributed by atoms with Gasteiger partial charge in [-0.25, -0.2) is 5.43 Å². The van der Waals surface area contributed by atoms with Crippen LogP contribution in [0.5, 0.6) is 0 Å². The lowest BCUT2D eigenvalue weighted by Crippen LogP contribution is -2.21. The lowest BCUT2D eigenvalue weighted by molar-refractivity contribution is 0.0956. The molecule has 3 rings (SSSR count). The van der Waals surface area contributed by atoms with Gasteiger partial charge in [0.05, 0.1) is 17.5 Å². The molecule has 0 aliphatic rings. The van der Waals surface area contributed by atoms with Gasteiger partial charge in [0.25, 0.3) is 11.8 Å². The van der Waals surface area contributed by atoms with Crippen LogP contribution in [0, 0.1) is 6.92 Å². The number of carbonyl (C=O) groups excluding carboxylic acids is 2. The Kier molecular flexibility index (Phi) is 6.34. The summed E-state index contributed by atoms with van der Waals surface area (Å²) in [5, 5.41) is 6.77. The first-order chi connectivity index (χ1) is 13.5. The van der Waals surface area contributed by atoms with Crippen molar-refractivity contribution in [1.29, 1.82) is 0 Å². The third kappa shape index (κ3) is 5.14. The van der Waals surface area contributed by atoms with Gasteiger partial charge in [-0.15, -0.1) is 0 Å². The SMILES string of the molecule is Cc1ccc(/C=N\NC(=O)c2ccccc2NC(=O)c2ccc(Br)cc2)cc1. The van der Waals surface area contributed by atoms with Crippen LogP contribution in [0.15, 0.2) is 82.4 Å². The first kappa shape index (κ1) is 19.5. The Morgan fingerprint density at radius 1 is 0.893 bits per heavy atom. The van der Waals surface area contributed by atoms with E-state index in [-0.39, 0.29) is 5.91 Å². The Hall–Kier alpha value is -3.25. The van der Waals surface area contributed by atoms with Crippen LogP contribution in [0.2, 0.25) is 0 Å². The molecular weight excluding hydrogens is 418 g/mol. The van der Waals surface area contributed by atoms with Gasteiger partial charge < -0.3 is 5.32 Å². The highest BCUT2D eigenvalue weighted by atomic mass is 79.9. The molecule has 2 amide bonds. The van der Waals surface area contributed by atoms with Gasteiger partial charge in [-0.1, -0.05) is 57.9 Å². The van der Waals surface area contributed by atoms with E-state index in [1.807, 2.05) is 31.2 Å². The molecule has 2 N–H and O–H groups in total. The standard InChI is InChI=1S/C22H18BrN3O2/c1-15-6-8-16(9-7-15)14-24-26-22(28)19-4-2-3-5-20(19)25-21(27)17-10-12-18(23)13-11-17/h2-14H,1H3,(H,25,27)(H,26,28)/b24-14-. The Labute approximate surface area is 171 Å². The lowest BCUT2D eigenvalue weighted by Gasteiger charge is -2.10. The molecule has 3 aromatic carbocycles. The van der Waals surface area contributed by atoms with E-state index in [0.717, 1.165) is 15.6 Å². The summed E-state index contributed by atoms with van der Waals surface area (Å²) < 4.78 is 0.885. The molecule has 0 heterocycles. The topological polar surface area (TPSA) is 70.6 Å². The summed E-state index contributed by atoms with van der Waals surface area (Å²) in [6.45, 7) is 2.00. The first-order valence-corrected chi connectivity index (χ1v) is 9.38. The fourth-order valence-corrected chi connectivity index (χ4v) is 2.73. The van der Waals surface area contributed by atoms with E-state index >= 15 is 0 Å².